The number of para-hydroxylation sites is 1. The predicted octanol–water partition coefficient (Wildman–Crippen LogP) is 10.2. The number of hydrogen-bond donors (Lipinski definition) is 0. The molecule has 0 saturated heterocycles. The molecule has 0 aliphatic heterocycles. The second-order valence-electron chi connectivity index (χ2n) is 10.2. The Balaban J connectivity index is 0.00000343. The molecule has 0 amide bonds. The largest absolute Gasteiger partial charge is 2.00 e. The van der Waals surface area contributed by atoms with E-state index in [9.17, 15) is 0 Å². The van der Waals surface area contributed by atoms with Crippen LogP contribution in [0.2, 0.25) is 0 Å². The van der Waals surface area contributed by atoms with Gasteiger partial charge in [0.05, 0.1) is 0 Å². The first-order chi connectivity index (χ1) is 21.3. The Hall–Kier alpha value is -5.11. The molecule has 3 nitrogen and oxygen atoms in total. The fraction of sp³-hybridized carbons (Fsp3) is 0. The van der Waals surface area contributed by atoms with Crippen molar-refractivity contribution in [1.82, 2.24) is 9.97 Å². The summed E-state index contributed by atoms with van der Waals surface area (Å²) in [6.45, 7) is 0. The molecule has 0 fully saturated rings. The first kappa shape index (κ1) is 29.0. The number of pyridine rings is 2. The summed E-state index contributed by atoms with van der Waals surface area (Å²) < 4.78 is 0. The van der Waals surface area contributed by atoms with Crippen LogP contribution in [0, 0.1) is 12.1 Å². The van der Waals surface area contributed by atoms with Crippen molar-refractivity contribution in [3.05, 3.63) is 176 Å². The molecule has 0 aliphatic rings. The van der Waals surface area contributed by atoms with Gasteiger partial charge in [-0.1, -0.05) is 91.0 Å². The maximum absolute atomic E-state index is 4.70. The van der Waals surface area contributed by atoms with E-state index in [1.165, 1.54) is 0 Å². The third-order valence-corrected chi connectivity index (χ3v) is 7.34. The number of aromatic nitrogens is 2. The van der Waals surface area contributed by atoms with Crippen molar-refractivity contribution in [1.29, 1.82) is 0 Å². The third-order valence-electron chi connectivity index (χ3n) is 7.34. The van der Waals surface area contributed by atoms with Crippen LogP contribution in [0.1, 0.15) is 0 Å². The van der Waals surface area contributed by atoms with Gasteiger partial charge in [0.2, 0.25) is 0 Å². The van der Waals surface area contributed by atoms with E-state index in [-0.39, 0.29) is 21.1 Å². The Kier molecular flexibility index (Phi) is 8.87. The molecule has 212 valence electrons. The summed E-state index contributed by atoms with van der Waals surface area (Å²) >= 11 is 0. The number of anilines is 3. The van der Waals surface area contributed by atoms with Crippen LogP contribution in [0.5, 0.6) is 0 Å². The number of hydrogen-bond acceptors (Lipinski definition) is 3. The zero-order valence-electron chi connectivity index (χ0n) is 23.7. The van der Waals surface area contributed by atoms with E-state index >= 15 is 0 Å². The van der Waals surface area contributed by atoms with Crippen LogP contribution in [-0.2, 0) is 21.1 Å². The Bertz CT molecular complexity index is 1850. The second-order valence-corrected chi connectivity index (χ2v) is 10.2. The van der Waals surface area contributed by atoms with Crippen molar-refractivity contribution in [2.24, 2.45) is 0 Å². The van der Waals surface area contributed by atoms with Crippen molar-refractivity contribution in [2.75, 3.05) is 4.90 Å². The van der Waals surface area contributed by atoms with Crippen LogP contribution >= 0.6 is 0 Å². The summed E-state index contributed by atoms with van der Waals surface area (Å²) in [5.41, 5.74) is 11.0. The van der Waals surface area contributed by atoms with Crippen LogP contribution in [0.3, 0.4) is 0 Å². The maximum atomic E-state index is 4.70. The zero-order chi connectivity index (χ0) is 28.8. The van der Waals surface area contributed by atoms with E-state index < -0.39 is 0 Å². The SMILES string of the molecule is [Pt+2].[c-]1c(-c2cc(-c3ccccc3)ccn2)cccc1N(c1[c-]c(-c2cc(-c3ccccc3)ccn2)ccc1)c1ccccc1. The van der Waals surface area contributed by atoms with Gasteiger partial charge in [-0.05, 0) is 69.3 Å². The minimum atomic E-state index is 0. The van der Waals surface area contributed by atoms with Crippen LogP contribution in [0.15, 0.2) is 164 Å². The molecule has 0 bridgehead atoms. The first-order valence-electron chi connectivity index (χ1n) is 14.3. The summed E-state index contributed by atoms with van der Waals surface area (Å²) in [6, 6.07) is 59.1. The molecular formula is C40H27N3Pt. The van der Waals surface area contributed by atoms with Crippen molar-refractivity contribution >= 4 is 17.1 Å². The molecule has 7 aromatic rings. The molecule has 4 heteroatoms. The summed E-state index contributed by atoms with van der Waals surface area (Å²) in [5.74, 6) is 0. The molecule has 5 aromatic carbocycles. The molecule has 0 aliphatic carbocycles. The van der Waals surface area contributed by atoms with Gasteiger partial charge in [0.1, 0.15) is 0 Å². The second kappa shape index (κ2) is 13.5. The number of rotatable bonds is 7. The van der Waals surface area contributed by atoms with Gasteiger partial charge in [0.15, 0.2) is 0 Å². The third kappa shape index (κ3) is 6.29. The molecule has 44 heavy (non-hydrogen) atoms. The molecular weight excluding hydrogens is 718 g/mol. The number of nitrogens with zero attached hydrogens (tertiary/aromatic N) is 3. The standard InChI is InChI=1S/C40H27N3.Pt/c1-4-12-30(13-5-1)32-22-24-41-39(28-32)34-16-10-20-37(26-34)43(36-18-8-3-9-19-36)38-21-11-17-35(27-38)40-29-33(23-25-42-40)31-14-6-2-7-15-31;/h1-25,28-29H;/q-2;+2. The first-order valence-corrected chi connectivity index (χ1v) is 14.3. The van der Waals surface area contributed by atoms with Crippen LogP contribution in [-0.4, -0.2) is 9.97 Å². The number of benzene rings is 5. The quantitative estimate of drug-likeness (QED) is 0.152. The Morgan fingerprint density at radius 1 is 0.409 bits per heavy atom. The normalized spacial score (nSPS) is 10.5. The van der Waals surface area contributed by atoms with E-state index in [1.54, 1.807) is 0 Å². The topological polar surface area (TPSA) is 29.0 Å². The molecule has 2 aromatic heterocycles. The van der Waals surface area contributed by atoms with Gasteiger partial charge in [0.25, 0.3) is 0 Å². The average molecular weight is 745 g/mol. The fourth-order valence-electron chi connectivity index (χ4n) is 5.23. The monoisotopic (exact) mass is 744 g/mol. The van der Waals surface area contributed by atoms with Crippen LogP contribution in [0.4, 0.5) is 17.1 Å². The van der Waals surface area contributed by atoms with E-state index in [0.717, 1.165) is 61.8 Å². The van der Waals surface area contributed by atoms with Gasteiger partial charge in [0, 0.05) is 18.1 Å². The van der Waals surface area contributed by atoms with Crippen LogP contribution < -0.4 is 4.90 Å². The van der Waals surface area contributed by atoms with E-state index in [2.05, 4.69) is 126 Å². The van der Waals surface area contributed by atoms with Crippen molar-refractivity contribution in [3.8, 4) is 44.8 Å². The van der Waals surface area contributed by atoms with E-state index in [1.807, 2.05) is 54.9 Å². The molecule has 0 saturated carbocycles. The minimum absolute atomic E-state index is 0. The summed E-state index contributed by atoms with van der Waals surface area (Å²) in [5, 5.41) is 0. The van der Waals surface area contributed by atoms with Gasteiger partial charge in [-0.2, -0.15) is 0 Å². The Labute approximate surface area is 272 Å². The van der Waals surface area contributed by atoms with Gasteiger partial charge >= 0.3 is 21.1 Å². The molecule has 0 spiro atoms. The minimum Gasteiger partial charge on any atom is -0.346 e. The molecule has 0 radical (unpaired) electrons. The molecule has 0 unspecified atom stereocenters. The van der Waals surface area contributed by atoms with Gasteiger partial charge in [-0.15, -0.1) is 59.7 Å². The van der Waals surface area contributed by atoms with Crippen molar-refractivity contribution in [3.63, 3.8) is 0 Å². The van der Waals surface area contributed by atoms with Gasteiger partial charge in [-0.25, -0.2) is 0 Å². The zero-order valence-corrected chi connectivity index (χ0v) is 26.0. The molecule has 2 heterocycles. The summed E-state index contributed by atoms with van der Waals surface area (Å²) in [6.07, 6.45) is 3.72. The fourth-order valence-corrected chi connectivity index (χ4v) is 5.23. The Morgan fingerprint density at radius 2 is 0.841 bits per heavy atom. The van der Waals surface area contributed by atoms with Gasteiger partial charge in [-0.3, -0.25) is 0 Å². The van der Waals surface area contributed by atoms with Crippen LogP contribution in [0.25, 0.3) is 44.8 Å². The maximum Gasteiger partial charge on any atom is 2.00 e. The predicted molar refractivity (Wildman–Crippen MR) is 176 cm³/mol. The Morgan fingerprint density at radius 3 is 1.30 bits per heavy atom. The molecule has 0 atom stereocenters. The smallest absolute Gasteiger partial charge is 0.346 e. The average Bonchev–Trinajstić information content (AvgIpc) is 3.10. The van der Waals surface area contributed by atoms with E-state index in [0.29, 0.717) is 0 Å². The van der Waals surface area contributed by atoms with Crippen molar-refractivity contribution < 1.29 is 21.1 Å². The summed E-state index contributed by atoms with van der Waals surface area (Å²) in [7, 11) is 0. The van der Waals surface area contributed by atoms with E-state index in [4.69, 9.17) is 9.97 Å². The van der Waals surface area contributed by atoms with Crippen molar-refractivity contribution in [2.45, 2.75) is 0 Å². The van der Waals surface area contributed by atoms with Gasteiger partial charge < -0.3 is 14.9 Å². The summed E-state index contributed by atoms with van der Waals surface area (Å²) in [4.78, 5) is 11.6. The molecule has 0 N–H and O–H groups in total. The molecule has 7 rings (SSSR count).